The van der Waals surface area contributed by atoms with Crippen LogP contribution in [0.4, 0.5) is 26.3 Å². The van der Waals surface area contributed by atoms with E-state index in [1.807, 2.05) is 0 Å². The maximum atomic E-state index is 12.2. The van der Waals surface area contributed by atoms with Crippen molar-refractivity contribution in [2.75, 3.05) is 0 Å². The Labute approximate surface area is 122 Å². The van der Waals surface area contributed by atoms with E-state index in [-0.39, 0.29) is 0 Å². The summed E-state index contributed by atoms with van der Waals surface area (Å²) in [5.41, 5.74) is -11.6. The standard InChI is InChI=1S/C8H12F6O6S2/c1-3-5(19-21(15,16)7(9,10)11)6(4-2)20-22(17,18)8(12,13)14/h5-6H,3-4H2,1-2H3. The molecule has 0 saturated heterocycles. The molecule has 0 fully saturated rings. The number of rotatable bonds is 7. The van der Waals surface area contributed by atoms with Gasteiger partial charge in [0.05, 0.1) is 0 Å². The third kappa shape index (κ3) is 5.24. The lowest BCUT2D eigenvalue weighted by atomic mass is 10.1. The Morgan fingerprint density at radius 2 is 0.955 bits per heavy atom. The molecule has 14 heteroatoms. The first-order valence-corrected chi connectivity index (χ1v) is 8.39. The average Bonchev–Trinajstić information content (AvgIpc) is 2.30. The summed E-state index contributed by atoms with van der Waals surface area (Å²) in [5.74, 6) is 0. The van der Waals surface area contributed by atoms with Gasteiger partial charge < -0.3 is 0 Å². The van der Waals surface area contributed by atoms with E-state index < -0.39 is 56.3 Å². The third-order valence-corrected chi connectivity index (χ3v) is 4.42. The lowest BCUT2D eigenvalue weighted by Crippen LogP contribution is -2.40. The second-order valence-electron chi connectivity index (χ2n) is 3.89. The molecule has 0 aliphatic heterocycles. The summed E-state index contributed by atoms with van der Waals surface area (Å²) in [4.78, 5) is 0. The van der Waals surface area contributed by atoms with Gasteiger partial charge in [-0.25, -0.2) is 0 Å². The van der Waals surface area contributed by atoms with Crippen LogP contribution in [0.5, 0.6) is 0 Å². The van der Waals surface area contributed by atoms with Crippen LogP contribution < -0.4 is 0 Å². The highest BCUT2D eigenvalue weighted by atomic mass is 32.2. The van der Waals surface area contributed by atoms with Crippen molar-refractivity contribution in [1.29, 1.82) is 0 Å². The van der Waals surface area contributed by atoms with Crippen LogP contribution in [0.2, 0.25) is 0 Å². The van der Waals surface area contributed by atoms with E-state index in [9.17, 15) is 43.2 Å². The van der Waals surface area contributed by atoms with E-state index >= 15 is 0 Å². The third-order valence-electron chi connectivity index (χ3n) is 2.29. The second kappa shape index (κ2) is 6.88. The molecule has 0 rings (SSSR count). The van der Waals surface area contributed by atoms with E-state index in [1.54, 1.807) is 0 Å². The van der Waals surface area contributed by atoms with E-state index in [2.05, 4.69) is 8.37 Å². The van der Waals surface area contributed by atoms with Gasteiger partial charge in [-0.2, -0.15) is 43.2 Å². The summed E-state index contributed by atoms with van der Waals surface area (Å²) < 4.78 is 124. The largest absolute Gasteiger partial charge is 0.523 e. The van der Waals surface area contributed by atoms with Gasteiger partial charge in [0, 0.05) is 0 Å². The zero-order valence-corrected chi connectivity index (χ0v) is 12.7. The van der Waals surface area contributed by atoms with Crippen molar-refractivity contribution in [3.8, 4) is 0 Å². The summed E-state index contributed by atoms with van der Waals surface area (Å²) in [6.07, 6.45) is -5.20. The molecule has 0 N–H and O–H groups in total. The first kappa shape index (κ1) is 21.4. The highest BCUT2D eigenvalue weighted by Crippen LogP contribution is 2.31. The first-order chi connectivity index (χ1) is 9.59. The number of hydrogen-bond donors (Lipinski definition) is 0. The van der Waals surface area contributed by atoms with Crippen LogP contribution in [-0.2, 0) is 28.6 Å². The van der Waals surface area contributed by atoms with Crippen LogP contribution >= 0.6 is 0 Å². The van der Waals surface area contributed by atoms with Crippen molar-refractivity contribution in [1.82, 2.24) is 0 Å². The monoisotopic (exact) mass is 382 g/mol. The van der Waals surface area contributed by atoms with Gasteiger partial charge in [0.15, 0.2) is 0 Å². The van der Waals surface area contributed by atoms with E-state index in [4.69, 9.17) is 0 Å². The fraction of sp³-hybridized carbons (Fsp3) is 1.00. The fourth-order valence-corrected chi connectivity index (χ4v) is 2.61. The summed E-state index contributed by atoms with van der Waals surface area (Å²) >= 11 is 0. The van der Waals surface area contributed by atoms with Crippen molar-refractivity contribution in [2.24, 2.45) is 0 Å². The molecule has 0 heterocycles. The number of halogens is 6. The SMILES string of the molecule is CCC(OS(=O)(=O)C(F)(F)F)C(CC)OS(=O)(=O)C(F)(F)F. The van der Waals surface area contributed by atoms with Crippen LogP contribution in [0, 0.1) is 0 Å². The van der Waals surface area contributed by atoms with E-state index in [0.29, 0.717) is 0 Å². The summed E-state index contributed by atoms with van der Waals surface area (Å²) in [6, 6.07) is 0. The van der Waals surface area contributed by atoms with Gasteiger partial charge in [-0.05, 0) is 12.8 Å². The molecule has 22 heavy (non-hydrogen) atoms. The van der Waals surface area contributed by atoms with Crippen molar-refractivity contribution in [2.45, 2.75) is 49.9 Å². The highest BCUT2D eigenvalue weighted by molar-refractivity contribution is 7.88. The molecule has 0 bridgehead atoms. The molecular weight excluding hydrogens is 370 g/mol. The molecule has 0 aromatic heterocycles. The lowest BCUT2D eigenvalue weighted by Gasteiger charge is -2.25. The van der Waals surface area contributed by atoms with Crippen LogP contribution in [0.15, 0.2) is 0 Å². The van der Waals surface area contributed by atoms with Crippen molar-refractivity contribution >= 4 is 20.2 Å². The van der Waals surface area contributed by atoms with Crippen molar-refractivity contribution < 1.29 is 51.5 Å². The molecule has 0 radical (unpaired) electrons. The molecule has 134 valence electrons. The Bertz CT molecular complexity index is 511. The fourth-order valence-electron chi connectivity index (χ4n) is 1.22. The maximum Gasteiger partial charge on any atom is 0.523 e. The highest BCUT2D eigenvalue weighted by Gasteiger charge is 2.52. The Balaban J connectivity index is 5.38. The van der Waals surface area contributed by atoms with Gasteiger partial charge in [-0.1, -0.05) is 13.8 Å². The Kier molecular flexibility index (Phi) is 6.69. The molecule has 0 spiro atoms. The van der Waals surface area contributed by atoms with Crippen LogP contribution in [-0.4, -0.2) is 40.1 Å². The van der Waals surface area contributed by atoms with Crippen LogP contribution in [0.1, 0.15) is 26.7 Å². The predicted molar refractivity (Wildman–Crippen MR) is 60.3 cm³/mol. The zero-order chi connectivity index (χ0) is 18.0. The normalized spacial score (nSPS) is 17.3. The quantitative estimate of drug-likeness (QED) is 0.381. The summed E-state index contributed by atoms with van der Waals surface area (Å²) in [7, 11) is -12.2. The lowest BCUT2D eigenvalue weighted by molar-refractivity contribution is -0.0711. The van der Waals surface area contributed by atoms with Crippen molar-refractivity contribution in [3.05, 3.63) is 0 Å². The number of alkyl halides is 6. The van der Waals surface area contributed by atoms with Gasteiger partial charge in [0.2, 0.25) is 0 Å². The minimum atomic E-state index is -6.11. The molecule has 0 aliphatic carbocycles. The molecule has 0 aliphatic rings. The molecule has 0 aromatic carbocycles. The molecular formula is C8H12F6O6S2. The smallest absolute Gasteiger partial charge is 0.257 e. The van der Waals surface area contributed by atoms with Crippen LogP contribution in [0.25, 0.3) is 0 Å². The van der Waals surface area contributed by atoms with Gasteiger partial charge in [0.25, 0.3) is 0 Å². The predicted octanol–water partition coefficient (Wildman–Crippen LogP) is 2.28. The minimum Gasteiger partial charge on any atom is -0.257 e. The topological polar surface area (TPSA) is 86.7 Å². The van der Waals surface area contributed by atoms with Crippen molar-refractivity contribution in [3.63, 3.8) is 0 Å². The van der Waals surface area contributed by atoms with Gasteiger partial charge in [0.1, 0.15) is 12.2 Å². The zero-order valence-electron chi connectivity index (χ0n) is 11.1. The van der Waals surface area contributed by atoms with Gasteiger partial charge in [-0.3, -0.25) is 8.37 Å². The first-order valence-electron chi connectivity index (χ1n) is 5.58. The molecule has 0 saturated carbocycles. The van der Waals surface area contributed by atoms with Gasteiger partial charge >= 0.3 is 31.3 Å². The Morgan fingerprint density at radius 1 is 0.727 bits per heavy atom. The molecule has 0 aromatic rings. The maximum absolute atomic E-state index is 12.2. The molecule has 6 nitrogen and oxygen atoms in total. The Hall–Kier alpha value is -0.600. The van der Waals surface area contributed by atoms with Gasteiger partial charge in [-0.15, -0.1) is 0 Å². The summed E-state index contributed by atoms with van der Waals surface area (Å²) in [5, 5.41) is 0. The van der Waals surface area contributed by atoms with E-state index in [0.717, 1.165) is 13.8 Å². The molecule has 0 amide bonds. The van der Waals surface area contributed by atoms with Crippen LogP contribution in [0.3, 0.4) is 0 Å². The molecule has 2 unspecified atom stereocenters. The minimum absolute atomic E-state index is 0.540. The number of hydrogen-bond acceptors (Lipinski definition) is 6. The average molecular weight is 382 g/mol. The summed E-state index contributed by atoms with van der Waals surface area (Å²) in [6.45, 7) is 2.17. The second-order valence-corrected chi connectivity index (χ2v) is 7.01. The van der Waals surface area contributed by atoms with E-state index in [1.165, 1.54) is 0 Å². The molecule has 2 atom stereocenters. The Morgan fingerprint density at radius 3 is 1.09 bits per heavy atom.